The van der Waals surface area contributed by atoms with Crippen LogP contribution in [0.15, 0.2) is 51.4 Å². The molecule has 1 aliphatic rings. The van der Waals surface area contributed by atoms with Crippen molar-refractivity contribution in [3.63, 3.8) is 0 Å². The minimum Gasteiger partial charge on any atom is -0.341 e. The molecular weight excluding hydrogens is 386 g/mol. The second-order valence-corrected chi connectivity index (χ2v) is 8.68. The minimum absolute atomic E-state index is 0.0218. The lowest BCUT2D eigenvalue weighted by Gasteiger charge is -2.30. The van der Waals surface area contributed by atoms with Gasteiger partial charge in [-0.15, -0.1) is 11.3 Å². The molecule has 0 unspecified atom stereocenters. The highest BCUT2D eigenvalue weighted by molar-refractivity contribution is 7.17. The molecule has 0 radical (unpaired) electrons. The molecular formula is C22H25N3O3S. The maximum atomic E-state index is 13.2. The van der Waals surface area contributed by atoms with Crippen LogP contribution in [0.3, 0.4) is 0 Å². The van der Waals surface area contributed by atoms with Gasteiger partial charge in [-0.2, -0.15) is 0 Å². The number of piperidine rings is 1. The van der Waals surface area contributed by atoms with Gasteiger partial charge in [-0.25, -0.2) is 4.79 Å². The van der Waals surface area contributed by atoms with Crippen molar-refractivity contribution in [1.29, 1.82) is 0 Å². The average molecular weight is 412 g/mol. The molecule has 0 aliphatic carbocycles. The van der Waals surface area contributed by atoms with Crippen molar-refractivity contribution in [2.75, 3.05) is 13.1 Å². The Kier molecular flexibility index (Phi) is 5.67. The van der Waals surface area contributed by atoms with Gasteiger partial charge in [0, 0.05) is 19.6 Å². The van der Waals surface area contributed by atoms with E-state index >= 15 is 0 Å². The second kappa shape index (κ2) is 8.37. The number of thiophene rings is 1. The summed E-state index contributed by atoms with van der Waals surface area (Å²) in [6.45, 7) is 3.94. The van der Waals surface area contributed by atoms with Crippen LogP contribution in [0.5, 0.6) is 0 Å². The first kappa shape index (κ1) is 19.6. The van der Waals surface area contributed by atoms with Crippen LogP contribution in [0.1, 0.15) is 25.3 Å². The molecule has 0 bridgehead atoms. The van der Waals surface area contributed by atoms with Crippen molar-refractivity contribution >= 4 is 27.5 Å². The Morgan fingerprint density at radius 2 is 1.79 bits per heavy atom. The van der Waals surface area contributed by atoms with E-state index in [2.05, 4.69) is 6.92 Å². The number of hydrogen-bond acceptors (Lipinski definition) is 4. The standard InChI is InChI=1S/C22H25N3O3S/c1-16-7-11-23(12-8-16)19(26)15-25-18-10-14-29-20(18)21(27)24(22(25)28)13-9-17-5-3-2-4-6-17/h2-6,10,14,16H,7-9,11-13,15H2,1H3. The Labute approximate surface area is 173 Å². The first-order chi connectivity index (χ1) is 14.0. The molecule has 4 rings (SSSR count). The van der Waals surface area contributed by atoms with Gasteiger partial charge >= 0.3 is 5.69 Å². The summed E-state index contributed by atoms with van der Waals surface area (Å²) in [6.07, 6.45) is 2.57. The lowest BCUT2D eigenvalue weighted by molar-refractivity contribution is -0.133. The Morgan fingerprint density at radius 1 is 1.07 bits per heavy atom. The molecule has 7 heteroatoms. The molecule has 1 aliphatic heterocycles. The molecule has 6 nitrogen and oxygen atoms in total. The van der Waals surface area contributed by atoms with Crippen LogP contribution in [-0.4, -0.2) is 33.0 Å². The van der Waals surface area contributed by atoms with Gasteiger partial charge in [-0.1, -0.05) is 37.3 Å². The number of hydrogen-bond donors (Lipinski definition) is 0. The zero-order chi connectivity index (χ0) is 20.4. The summed E-state index contributed by atoms with van der Waals surface area (Å²) in [5, 5.41) is 1.80. The number of nitrogens with zero attached hydrogens (tertiary/aromatic N) is 3. The van der Waals surface area contributed by atoms with Crippen LogP contribution >= 0.6 is 11.3 Å². The Balaban J connectivity index is 1.64. The summed E-state index contributed by atoms with van der Waals surface area (Å²) in [5.41, 5.74) is 0.941. The monoisotopic (exact) mass is 411 g/mol. The van der Waals surface area contributed by atoms with Crippen LogP contribution < -0.4 is 11.2 Å². The minimum atomic E-state index is -0.407. The number of carbonyl (C=O) groups excluding carboxylic acids is 1. The van der Waals surface area contributed by atoms with Gasteiger partial charge < -0.3 is 4.90 Å². The zero-order valence-electron chi connectivity index (χ0n) is 16.5. The predicted octanol–water partition coefficient (Wildman–Crippen LogP) is 2.73. The molecule has 0 saturated carbocycles. The highest BCUT2D eigenvalue weighted by Crippen LogP contribution is 2.18. The summed E-state index contributed by atoms with van der Waals surface area (Å²) >= 11 is 1.32. The molecule has 3 heterocycles. The highest BCUT2D eigenvalue weighted by atomic mass is 32.1. The van der Waals surface area contributed by atoms with Crippen LogP contribution in [0.4, 0.5) is 0 Å². The van der Waals surface area contributed by atoms with Crippen molar-refractivity contribution in [2.24, 2.45) is 5.92 Å². The third-order valence-corrected chi connectivity index (χ3v) is 6.62. The largest absolute Gasteiger partial charge is 0.341 e. The van der Waals surface area contributed by atoms with Crippen molar-refractivity contribution in [3.05, 3.63) is 68.2 Å². The van der Waals surface area contributed by atoms with Crippen molar-refractivity contribution in [2.45, 2.75) is 39.3 Å². The number of likely N-dealkylation sites (tertiary alicyclic amines) is 1. The molecule has 1 fully saturated rings. The van der Waals surface area contributed by atoms with Gasteiger partial charge in [0.15, 0.2) is 0 Å². The smallest absolute Gasteiger partial charge is 0.332 e. The summed E-state index contributed by atoms with van der Waals surface area (Å²) in [7, 11) is 0. The quantitative estimate of drug-likeness (QED) is 0.649. The second-order valence-electron chi connectivity index (χ2n) is 7.76. The zero-order valence-corrected chi connectivity index (χ0v) is 17.4. The van der Waals surface area contributed by atoms with Gasteiger partial charge in [0.05, 0.1) is 5.52 Å². The lowest BCUT2D eigenvalue weighted by atomic mass is 9.99. The van der Waals surface area contributed by atoms with Crippen LogP contribution in [-0.2, 0) is 24.3 Å². The number of aromatic nitrogens is 2. The van der Waals surface area contributed by atoms with E-state index in [4.69, 9.17) is 0 Å². The van der Waals surface area contributed by atoms with E-state index in [1.54, 1.807) is 11.4 Å². The van der Waals surface area contributed by atoms with Crippen molar-refractivity contribution < 1.29 is 4.79 Å². The molecule has 29 heavy (non-hydrogen) atoms. The maximum absolute atomic E-state index is 13.2. The summed E-state index contributed by atoms with van der Waals surface area (Å²) in [4.78, 5) is 40.7. The third-order valence-electron chi connectivity index (χ3n) is 5.73. The van der Waals surface area contributed by atoms with E-state index in [0.717, 1.165) is 31.5 Å². The molecule has 0 spiro atoms. The highest BCUT2D eigenvalue weighted by Gasteiger charge is 2.23. The predicted molar refractivity (Wildman–Crippen MR) is 115 cm³/mol. The van der Waals surface area contributed by atoms with Crippen LogP contribution in [0.2, 0.25) is 0 Å². The van der Waals surface area contributed by atoms with Gasteiger partial charge in [0.1, 0.15) is 11.2 Å². The first-order valence-corrected chi connectivity index (χ1v) is 10.9. The molecule has 2 aromatic heterocycles. The van der Waals surface area contributed by atoms with Crippen molar-refractivity contribution in [3.8, 4) is 0 Å². The number of fused-ring (bicyclic) bond motifs is 1. The van der Waals surface area contributed by atoms with E-state index in [1.807, 2.05) is 35.2 Å². The molecule has 1 saturated heterocycles. The van der Waals surface area contributed by atoms with E-state index < -0.39 is 5.69 Å². The van der Waals surface area contributed by atoms with E-state index in [0.29, 0.717) is 29.1 Å². The normalized spacial score (nSPS) is 15.1. The molecule has 3 aromatic rings. The fourth-order valence-electron chi connectivity index (χ4n) is 3.86. The van der Waals surface area contributed by atoms with Crippen molar-refractivity contribution in [1.82, 2.24) is 14.0 Å². The van der Waals surface area contributed by atoms with Crippen LogP contribution in [0.25, 0.3) is 10.2 Å². The van der Waals surface area contributed by atoms with Gasteiger partial charge in [-0.05, 0) is 42.2 Å². The molecule has 0 atom stereocenters. The SMILES string of the molecule is CC1CCN(C(=O)Cn2c(=O)n(CCc3ccccc3)c(=O)c3sccc32)CC1. The maximum Gasteiger partial charge on any atom is 0.332 e. The number of carbonyl (C=O) groups is 1. The molecule has 1 aromatic carbocycles. The Bertz CT molecular complexity index is 1120. The van der Waals surface area contributed by atoms with Crippen LogP contribution in [0, 0.1) is 5.92 Å². The molecule has 0 N–H and O–H groups in total. The van der Waals surface area contributed by atoms with Gasteiger partial charge in [0.2, 0.25) is 5.91 Å². The number of aryl methyl sites for hydroxylation is 1. The van der Waals surface area contributed by atoms with Gasteiger partial charge in [0.25, 0.3) is 5.56 Å². The third kappa shape index (κ3) is 4.05. The summed E-state index contributed by atoms with van der Waals surface area (Å²) in [5.74, 6) is 0.574. The van der Waals surface area contributed by atoms with E-state index in [9.17, 15) is 14.4 Å². The fraction of sp³-hybridized carbons (Fsp3) is 0.409. The topological polar surface area (TPSA) is 64.3 Å². The fourth-order valence-corrected chi connectivity index (χ4v) is 4.71. The number of rotatable bonds is 5. The summed E-state index contributed by atoms with van der Waals surface area (Å²) < 4.78 is 3.27. The first-order valence-electron chi connectivity index (χ1n) is 10.1. The van der Waals surface area contributed by atoms with E-state index in [-0.39, 0.29) is 18.0 Å². The Morgan fingerprint density at radius 3 is 2.52 bits per heavy atom. The van der Waals surface area contributed by atoms with E-state index in [1.165, 1.54) is 20.5 Å². The molecule has 1 amide bonds. The average Bonchev–Trinajstić information content (AvgIpc) is 3.22. The number of benzene rings is 1. The Hall–Kier alpha value is -2.67. The van der Waals surface area contributed by atoms with Gasteiger partial charge in [-0.3, -0.25) is 18.7 Å². The molecule has 152 valence electrons. The number of amides is 1. The summed E-state index contributed by atoms with van der Waals surface area (Å²) in [6, 6.07) is 11.5. The lowest BCUT2D eigenvalue weighted by Crippen LogP contribution is -2.45.